The molecule has 136 valence electrons. The summed E-state index contributed by atoms with van der Waals surface area (Å²) < 4.78 is 0. The average molecular weight is 362 g/mol. The highest BCUT2D eigenvalue weighted by atomic mass is 32.1. The molecule has 0 aromatic carbocycles. The summed E-state index contributed by atoms with van der Waals surface area (Å²) in [5.41, 5.74) is 0. The lowest BCUT2D eigenvalue weighted by Crippen LogP contribution is -2.44. The molecule has 1 aliphatic carbocycles. The van der Waals surface area contributed by atoms with Crippen molar-refractivity contribution in [1.29, 1.82) is 0 Å². The summed E-state index contributed by atoms with van der Waals surface area (Å²) in [5.74, 6) is -1.04. The van der Waals surface area contributed by atoms with Crippen molar-refractivity contribution in [3.05, 3.63) is 28.5 Å². The summed E-state index contributed by atoms with van der Waals surface area (Å²) in [7, 11) is 0. The molecule has 3 rings (SSSR count). The molecule has 1 amide bonds. The van der Waals surface area contributed by atoms with Crippen LogP contribution in [0.2, 0.25) is 0 Å². The fraction of sp³-hybridized carbons (Fsp3) is 0.600. The van der Waals surface area contributed by atoms with Crippen LogP contribution in [0.25, 0.3) is 6.08 Å². The highest BCUT2D eigenvalue weighted by Gasteiger charge is 2.35. The lowest BCUT2D eigenvalue weighted by atomic mass is 9.80. The smallest absolute Gasteiger partial charge is 0.306 e. The van der Waals surface area contributed by atoms with E-state index in [9.17, 15) is 14.7 Å². The van der Waals surface area contributed by atoms with Gasteiger partial charge in [0.15, 0.2) is 0 Å². The first-order valence-corrected chi connectivity index (χ1v) is 10.3. The summed E-state index contributed by atoms with van der Waals surface area (Å²) in [6, 6.07) is 4.26. The molecule has 2 fully saturated rings. The topological polar surface area (TPSA) is 57.6 Å². The molecule has 4 nitrogen and oxygen atoms in total. The molecule has 3 unspecified atom stereocenters. The van der Waals surface area contributed by atoms with E-state index in [4.69, 9.17) is 0 Å². The molecule has 1 saturated carbocycles. The number of thiophene rings is 1. The van der Waals surface area contributed by atoms with E-state index in [0.29, 0.717) is 12.8 Å². The molecular weight excluding hydrogens is 334 g/mol. The van der Waals surface area contributed by atoms with E-state index in [1.165, 1.54) is 4.88 Å². The predicted octanol–water partition coefficient (Wildman–Crippen LogP) is 4.42. The van der Waals surface area contributed by atoms with Crippen molar-refractivity contribution in [2.75, 3.05) is 6.54 Å². The van der Waals surface area contributed by atoms with Crippen LogP contribution in [-0.2, 0) is 9.59 Å². The van der Waals surface area contributed by atoms with E-state index in [1.54, 1.807) is 11.3 Å². The van der Waals surface area contributed by atoms with Gasteiger partial charge in [-0.1, -0.05) is 31.4 Å². The third-order valence-electron chi connectivity index (χ3n) is 5.48. The van der Waals surface area contributed by atoms with Crippen LogP contribution < -0.4 is 0 Å². The Labute approximate surface area is 153 Å². The zero-order valence-corrected chi connectivity index (χ0v) is 15.4. The van der Waals surface area contributed by atoms with E-state index in [2.05, 4.69) is 23.6 Å². The number of likely N-dealkylation sites (tertiary alicyclic amines) is 1. The monoisotopic (exact) mass is 361 g/mol. The lowest BCUT2D eigenvalue weighted by Gasteiger charge is -2.34. The van der Waals surface area contributed by atoms with Crippen LogP contribution in [0.3, 0.4) is 0 Å². The van der Waals surface area contributed by atoms with Gasteiger partial charge in [0, 0.05) is 17.3 Å². The second-order valence-electron chi connectivity index (χ2n) is 7.22. The van der Waals surface area contributed by atoms with E-state index >= 15 is 0 Å². The van der Waals surface area contributed by atoms with Crippen molar-refractivity contribution < 1.29 is 14.7 Å². The zero-order chi connectivity index (χ0) is 17.6. The maximum Gasteiger partial charge on any atom is 0.306 e. The molecule has 3 atom stereocenters. The largest absolute Gasteiger partial charge is 0.481 e. The molecule has 1 aliphatic heterocycles. The number of carboxylic acids is 1. The molecule has 0 spiro atoms. The fourth-order valence-electron chi connectivity index (χ4n) is 4.07. The highest BCUT2D eigenvalue weighted by Crippen LogP contribution is 2.32. The maximum absolute atomic E-state index is 13.1. The van der Waals surface area contributed by atoms with Crippen LogP contribution in [0.5, 0.6) is 0 Å². The van der Waals surface area contributed by atoms with E-state index < -0.39 is 5.97 Å². The van der Waals surface area contributed by atoms with Crippen LogP contribution in [-0.4, -0.2) is 34.5 Å². The standard InChI is InChI=1S/C20H27NO3S/c22-19(15-6-4-7-16(14-15)20(23)24)21-12-3-1-2-8-17(21)10-11-18-9-5-13-25-18/h5,9-11,13,15-17H,1-4,6-8,12,14H2,(H,23,24)/b11-10+. The Hall–Kier alpha value is -1.62. The third kappa shape index (κ3) is 4.72. The van der Waals surface area contributed by atoms with Gasteiger partial charge in [-0.15, -0.1) is 11.3 Å². The number of rotatable bonds is 4. The van der Waals surface area contributed by atoms with E-state index in [0.717, 1.165) is 45.1 Å². The van der Waals surface area contributed by atoms with Crippen molar-refractivity contribution in [1.82, 2.24) is 4.90 Å². The minimum atomic E-state index is -0.748. The van der Waals surface area contributed by atoms with Gasteiger partial charge in [-0.05, 0) is 49.6 Å². The molecule has 5 heteroatoms. The normalized spacial score (nSPS) is 28.0. The number of carbonyl (C=O) groups is 2. The predicted molar refractivity (Wildman–Crippen MR) is 100 cm³/mol. The number of hydrogen-bond donors (Lipinski definition) is 1. The molecule has 0 radical (unpaired) electrons. The van der Waals surface area contributed by atoms with Gasteiger partial charge in [-0.25, -0.2) is 0 Å². The number of aliphatic carboxylic acids is 1. The van der Waals surface area contributed by atoms with Crippen LogP contribution in [0.4, 0.5) is 0 Å². The summed E-state index contributed by atoms with van der Waals surface area (Å²) >= 11 is 1.70. The molecule has 2 heterocycles. The number of amides is 1. The van der Waals surface area contributed by atoms with Gasteiger partial charge in [0.05, 0.1) is 12.0 Å². The number of carbonyl (C=O) groups excluding carboxylic acids is 1. The Morgan fingerprint density at radius 1 is 1.12 bits per heavy atom. The van der Waals surface area contributed by atoms with Crippen LogP contribution in [0.1, 0.15) is 56.2 Å². The van der Waals surface area contributed by atoms with E-state index in [-0.39, 0.29) is 23.8 Å². The number of carboxylic acid groups (broad SMARTS) is 1. The molecule has 1 aromatic heterocycles. The van der Waals surface area contributed by atoms with Crippen LogP contribution in [0.15, 0.2) is 23.6 Å². The molecule has 1 N–H and O–H groups in total. The summed E-state index contributed by atoms with van der Waals surface area (Å²) in [4.78, 5) is 27.7. The Kier molecular flexibility index (Phi) is 6.29. The van der Waals surface area contributed by atoms with E-state index in [1.807, 2.05) is 11.0 Å². The quantitative estimate of drug-likeness (QED) is 0.863. The highest BCUT2D eigenvalue weighted by molar-refractivity contribution is 7.10. The van der Waals surface area contributed by atoms with Gasteiger partial charge in [0.1, 0.15) is 0 Å². The van der Waals surface area contributed by atoms with Crippen molar-refractivity contribution in [2.24, 2.45) is 11.8 Å². The lowest BCUT2D eigenvalue weighted by molar-refractivity contribution is -0.145. The summed E-state index contributed by atoms with van der Waals surface area (Å²) in [6.07, 6.45) is 11.5. The fourth-order valence-corrected chi connectivity index (χ4v) is 4.70. The Morgan fingerprint density at radius 3 is 2.72 bits per heavy atom. The first-order chi connectivity index (χ1) is 12.1. The van der Waals surface area contributed by atoms with Crippen LogP contribution >= 0.6 is 11.3 Å². The van der Waals surface area contributed by atoms with Crippen LogP contribution in [0, 0.1) is 11.8 Å². The SMILES string of the molecule is O=C(O)C1CCCC(C(=O)N2CCCCCC2/C=C/c2cccs2)C1. The molecule has 25 heavy (non-hydrogen) atoms. The van der Waals surface area contributed by atoms with Crippen molar-refractivity contribution in [3.8, 4) is 0 Å². The minimum absolute atomic E-state index is 0.120. The molecule has 2 aliphatic rings. The number of hydrogen-bond acceptors (Lipinski definition) is 3. The van der Waals surface area contributed by atoms with Gasteiger partial charge in [0.25, 0.3) is 0 Å². The first kappa shape index (κ1) is 18.2. The van der Waals surface area contributed by atoms with Gasteiger partial charge in [0.2, 0.25) is 5.91 Å². The zero-order valence-electron chi connectivity index (χ0n) is 14.6. The Morgan fingerprint density at radius 2 is 1.96 bits per heavy atom. The average Bonchev–Trinajstić information content (AvgIpc) is 3.04. The first-order valence-electron chi connectivity index (χ1n) is 9.40. The number of nitrogens with zero attached hydrogens (tertiary/aromatic N) is 1. The van der Waals surface area contributed by atoms with Gasteiger partial charge < -0.3 is 10.0 Å². The molecule has 1 saturated heterocycles. The molecule has 0 bridgehead atoms. The minimum Gasteiger partial charge on any atom is -0.481 e. The molecular formula is C20H27NO3S. The summed E-state index contributed by atoms with van der Waals surface area (Å²) in [5, 5.41) is 11.4. The third-order valence-corrected chi connectivity index (χ3v) is 6.32. The Bertz CT molecular complexity index is 610. The second-order valence-corrected chi connectivity index (χ2v) is 8.20. The van der Waals surface area contributed by atoms with Crippen molar-refractivity contribution >= 4 is 29.3 Å². The van der Waals surface area contributed by atoms with Crippen molar-refractivity contribution in [2.45, 2.75) is 57.4 Å². The van der Waals surface area contributed by atoms with Gasteiger partial charge in [-0.2, -0.15) is 0 Å². The Balaban J connectivity index is 1.71. The molecule has 1 aromatic rings. The van der Waals surface area contributed by atoms with Gasteiger partial charge >= 0.3 is 5.97 Å². The summed E-state index contributed by atoms with van der Waals surface area (Å²) in [6.45, 7) is 0.798. The van der Waals surface area contributed by atoms with Gasteiger partial charge in [-0.3, -0.25) is 9.59 Å². The second kappa shape index (κ2) is 8.65. The van der Waals surface area contributed by atoms with Crippen molar-refractivity contribution in [3.63, 3.8) is 0 Å². The maximum atomic E-state index is 13.1.